The first kappa shape index (κ1) is 13.4. The van der Waals surface area contributed by atoms with Crippen molar-refractivity contribution in [3.8, 4) is 0 Å². The summed E-state index contributed by atoms with van der Waals surface area (Å²) >= 11 is 0. The Balaban J connectivity index is 2.02. The van der Waals surface area contributed by atoms with Gasteiger partial charge in [0.25, 0.3) is 0 Å². The molecule has 2 rings (SSSR count). The highest BCUT2D eigenvalue weighted by atomic mass is 19.1. The van der Waals surface area contributed by atoms with E-state index in [-0.39, 0.29) is 18.8 Å². The number of carbonyl (C=O) groups is 2. The molecule has 0 saturated carbocycles. The Kier molecular flexibility index (Phi) is 3.75. The van der Waals surface area contributed by atoms with Gasteiger partial charge in [0.1, 0.15) is 11.6 Å². The molecule has 0 spiro atoms. The van der Waals surface area contributed by atoms with E-state index in [2.05, 4.69) is 5.32 Å². The van der Waals surface area contributed by atoms with Crippen LogP contribution in [0.1, 0.15) is 6.42 Å². The number of rotatable bonds is 1. The molecule has 2 N–H and O–H groups in total. The molecule has 0 unspecified atom stereocenters. The lowest BCUT2D eigenvalue weighted by Crippen LogP contribution is -2.38. The number of benzene rings is 1. The first-order valence-corrected chi connectivity index (χ1v) is 5.71. The van der Waals surface area contributed by atoms with E-state index in [1.165, 1.54) is 4.90 Å². The molecule has 1 aliphatic heterocycles. The number of nitrogens with one attached hydrogen (secondary N) is 1. The first-order chi connectivity index (χ1) is 8.97. The molecule has 0 radical (unpaired) electrons. The van der Waals surface area contributed by atoms with Gasteiger partial charge in [0.2, 0.25) is 0 Å². The molecule has 0 aliphatic carbocycles. The Morgan fingerprint density at radius 3 is 2.68 bits per heavy atom. The third kappa shape index (κ3) is 3.05. The van der Waals surface area contributed by atoms with Gasteiger partial charge in [-0.25, -0.2) is 8.78 Å². The maximum Gasteiger partial charge on any atom is 0.313 e. The summed E-state index contributed by atoms with van der Waals surface area (Å²) in [6.07, 6.45) is -0.233. The first-order valence-electron chi connectivity index (χ1n) is 5.71. The fraction of sp³-hybridized carbons (Fsp3) is 0.333. The van der Waals surface area contributed by atoms with E-state index in [0.29, 0.717) is 12.5 Å². The number of nitrogens with zero attached hydrogens (tertiary/aromatic N) is 1. The zero-order valence-corrected chi connectivity index (χ0v) is 9.90. The van der Waals surface area contributed by atoms with Crippen LogP contribution < -0.4 is 5.32 Å². The number of hydrogen-bond donors (Lipinski definition) is 2. The van der Waals surface area contributed by atoms with Crippen LogP contribution in [0.3, 0.4) is 0 Å². The van der Waals surface area contributed by atoms with Crippen molar-refractivity contribution in [1.29, 1.82) is 0 Å². The summed E-state index contributed by atoms with van der Waals surface area (Å²) < 4.78 is 26.0. The second-order valence-corrected chi connectivity index (χ2v) is 4.27. The minimum atomic E-state index is -1.01. The maximum atomic E-state index is 13.3. The van der Waals surface area contributed by atoms with Crippen LogP contribution in [0, 0.1) is 11.6 Å². The fourth-order valence-electron chi connectivity index (χ4n) is 1.84. The molecule has 102 valence electrons. The van der Waals surface area contributed by atoms with Crippen molar-refractivity contribution in [1.82, 2.24) is 4.90 Å². The topological polar surface area (TPSA) is 69.6 Å². The Morgan fingerprint density at radius 1 is 1.37 bits per heavy atom. The lowest BCUT2D eigenvalue weighted by Gasteiger charge is -2.15. The van der Waals surface area contributed by atoms with Crippen LogP contribution in [0.2, 0.25) is 0 Å². The molecule has 5 nitrogen and oxygen atoms in total. The highest BCUT2D eigenvalue weighted by Crippen LogP contribution is 2.15. The SMILES string of the molecule is O=C(Nc1ccc(F)cc1F)C(=O)N1CC[C@@H](O)C1. The molecule has 7 heteroatoms. The lowest BCUT2D eigenvalue weighted by atomic mass is 10.3. The smallest absolute Gasteiger partial charge is 0.313 e. The molecule has 19 heavy (non-hydrogen) atoms. The number of halogens is 2. The van der Waals surface area contributed by atoms with E-state index < -0.39 is 29.6 Å². The van der Waals surface area contributed by atoms with Crippen molar-refractivity contribution >= 4 is 17.5 Å². The van der Waals surface area contributed by atoms with E-state index in [0.717, 1.165) is 12.1 Å². The summed E-state index contributed by atoms with van der Waals surface area (Å²) in [6.45, 7) is 0.359. The van der Waals surface area contributed by atoms with Gasteiger partial charge in [-0.2, -0.15) is 0 Å². The molecule has 1 aromatic rings. The molecule has 0 bridgehead atoms. The van der Waals surface area contributed by atoms with Crippen LogP contribution in [0.4, 0.5) is 14.5 Å². The second-order valence-electron chi connectivity index (χ2n) is 4.27. The van der Waals surface area contributed by atoms with E-state index in [1.54, 1.807) is 0 Å². The van der Waals surface area contributed by atoms with Gasteiger partial charge in [0, 0.05) is 19.2 Å². The average Bonchev–Trinajstić information content (AvgIpc) is 2.78. The summed E-state index contributed by atoms with van der Waals surface area (Å²) in [6, 6.07) is 2.62. The largest absolute Gasteiger partial charge is 0.391 e. The quantitative estimate of drug-likeness (QED) is 0.730. The number of aliphatic hydroxyl groups is 1. The minimum Gasteiger partial charge on any atom is -0.391 e. The van der Waals surface area contributed by atoms with Gasteiger partial charge < -0.3 is 15.3 Å². The third-order valence-electron chi connectivity index (χ3n) is 2.82. The zero-order chi connectivity index (χ0) is 14.0. The van der Waals surface area contributed by atoms with Crippen LogP contribution in [0.5, 0.6) is 0 Å². The number of likely N-dealkylation sites (tertiary alicyclic amines) is 1. The lowest BCUT2D eigenvalue weighted by molar-refractivity contribution is -0.142. The third-order valence-corrected chi connectivity index (χ3v) is 2.82. The maximum absolute atomic E-state index is 13.3. The van der Waals surface area contributed by atoms with Crippen LogP contribution in [-0.4, -0.2) is 41.0 Å². The van der Waals surface area contributed by atoms with E-state index >= 15 is 0 Å². The van der Waals surface area contributed by atoms with Gasteiger partial charge in [-0.05, 0) is 18.6 Å². The normalized spacial score (nSPS) is 18.5. The zero-order valence-electron chi connectivity index (χ0n) is 9.90. The molecule has 1 atom stereocenters. The van der Waals surface area contributed by atoms with Gasteiger partial charge in [0.05, 0.1) is 11.8 Å². The van der Waals surface area contributed by atoms with Crippen molar-refractivity contribution in [2.75, 3.05) is 18.4 Å². The molecule has 0 aromatic heterocycles. The molecular formula is C12H12F2N2O3. The predicted octanol–water partition coefficient (Wildman–Crippen LogP) is 0.496. The second kappa shape index (κ2) is 5.31. The summed E-state index contributed by atoms with van der Waals surface area (Å²) in [7, 11) is 0. The molecule has 1 fully saturated rings. The molecule has 1 aromatic carbocycles. The number of aliphatic hydroxyl groups excluding tert-OH is 1. The molecule has 1 aliphatic rings. The van der Waals surface area contributed by atoms with Crippen molar-refractivity contribution in [3.63, 3.8) is 0 Å². The van der Waals surface area contributed by atoms with Gasteiger partial charge in [0.15, 0.2) is 0 Å². The summed E-state index contributed by atoms with van der Waals surface area (Å²) in [5, 5.41) is 11.3. The standard InChI is InChI=1S/C12H12F2N2O3/c13-7-1-2-10(9(14)5-7)15-11(18)12(19)16-4-3-8(17)6-16/h1-2,5,8,17H,3-4,6H2,(H,15,18)/t8-/m1/s1. The van der Waals surface area contributed by atoms with Gasteiger partial charge in [-0.3, -0.25) is 9.59 Å². The Morgan fingerprint density at radius 2 is 2.11 bits per heavy atom. The number of carbonyl (C=O) groups excluding carboxylic acids is 2. The van der Waals surface area contributed by atoms with Crippen LogP contribution in [-0.2, 0) is 9.59 Å². The van der Waals surface area contributed by atoms with E-state index in [9.17, 15) is 23.5 Å². The van der Waals surface area contributed by atoms with Crippen molar-refractivity contribution in [3.05, 3.63) is 29.8 Å². The number of anilines is 1. The van der Waals surface area contributed by atoms with Gasteiger partial charge >= 0.3 is 11.8 Å². The van der Waals surface area contributed by atoms with E-state index in [1.807, 2.05) is 0 Å². The number of hydrogen-bond acceptors (Lipinski definition) is 3. The summed E-state index contributed by atoms with van der Waals surface area (Å²) in [5.41, 5.74) is -0.264. The van der Waals surface area contributed by atoms with E-state index in [4.69, 9.17) is 0 Å². The Hall–Kier alpha value is -2.02. The Bertz CT molecular complexity index is 522. The van der Waals surface area contributed by atoms with Crippen LogP contribution in [0.15, 0.2) is 18.2 Å². The average molecular weight is 270 g/mol. The fourth-order valence-corrected chi connectivity index (χ4v) is 1.84. The van der Waals surface area contributed by atoms with Crippen LogP contribution in [0.25, 0.3) is 0 Å². The highest BCUT2D eigenvalue weighted by Gasteiger charge is 2.29. The highest BCUT2D eigenvalue weighted by molar-refractivity contribution is 6.39. The van der Waals surface area contributed by atoms with Crippen LogP contribution >= 0.6 is 0 Å². The molecule has 1 saturated heterocycles. The predicted molar refractivity (Wildman–Crippen MR) is 62.2 cm³/mol. The van der Waals surface area contributed by atoms with Crippen molar-refractivity contribution in [2.24, 2.45) is 0 Å². The molecule has 2 amide bonds. The van der Waals surface area contributed by atoms with Gasteiger partial charge in [-0.1, -0.05) is 0 Å². The summed E-state index contributed by atoms with van der Waals surface area (Å²) in [4.78, 5) is 24.5. The monoisotopic (exact) mass is 270 g/mol. The van der Waals surface area contributed by atoms with Crippen molar-refractivity contribution < 1.29 is 23.5 Å². The number of β-amino-alcohol motifs (C(OH)–C–C–N with tert-alkyl or cyclic N) is 1. The molecular weight excluding hydrogens is 258 g/mol. The number of amides is 2. The van der Waals surface area contributed by atoms with Crippen molar-refractivity contribution in [2.45, 2.75) is 12.5 Å². The Labute approximate surface area is 107 Å². The van der Waals surface area contributed by atoms with Gasteiger partial charge in [-0.15, -0.1) is 0 Å². The summed E-state index contributed by atoms with van der Waals surface area (Å²) in [5.74, 6) is -3.59. The minimum absolute atomic E-state index is 0.0815. The molecule has 1 heterocycles.